The van der Waals surface area contributed by atoms with Crippen molar-refractivity contribution in [3.63, 3.8) is 0 Å². The lowest BCUT2D eigenvalue weighted by Gasteiger charge is -2.15. The highest BCUT2D eigenvalue weighted by Crippen LogP contribution is 2.28. The number of hydrogen-bond acceptors (Lipinski definition) is 5. The van der Waals surface area contributed by atoms with E-state index in [4.69, 9.17) is 18.9 Å². The molecule has 0 saturated heterocycles. The number of carbonyl (C=O) groups is 1. The van der Waals surface area contributed by atoms with Gasteiger partial charge in [-0.3, -0.25) is 4.79 Å². The molecule has 0 aliphatic heterocycles. The Morgan fingerprint density at radius 2 is 1.65 bits per heavy atom. The number of anilines is 1. The van der Waals surface area contributed by atoms with Gasteiger partial charge in [0.25, 0.3) is 5.91 Å². The van der Waals surface area contributed by atoms with Crippen molar-refractivity contribution < 1.29 is 23.7 Å². The summed E-state index contributed by atoms with van der Waals surface area (Å²) in [6, 6.07) is 18.3. The van der Waals surface area contributed by atoms with E-state index in [1.807, 2.05) is 50.2 Å². The highest BCUT2D eigenvalue weighted by molar-refractivity contribution is 6.05. The number of ether oxygens (including phenoxy) is 4. The molecule has 0 aliphatic rings. The molecule has 0 fully saturated rings. The minimum atomic E-state index is -0.241. The maximum Gasteiger partial charge on any atom is 0.255 e. The molecular formula is C25H27NO5. The topological polar surface area (TPSA) is 66.0 Å². The van der Waals surface area contributed by atoms with Crippen molar-refractivity contribution in [1.82, 2.24) is 0 Å². The smallest absolute Gasteiger partial charge is 0.255 e. The molecule has 1 N–H and O–H groups in total. The number of rotatable bonds is 9. The van der Waals surface area contributed by atoms with E-state index in [0.29, 0.717) is 40.9 Å². The SMILES string of the molecule is CCOc1ccc(C(=O)Nc2cc(C)ccc2OC)cc1COc1cccc(OC)c1. The summed E-state index contributed by atoms with van der Waals surface area (Å²) in [6.07, 6.45) is 0. The van der Waals surface area contributed by atoms with Crippen LogP contribution in [0.15, 0.2) is 60.7 Å². The van der Waals surface area contributed by atoms with E-state index in [0.717, 1.165) is 11.1 Å². The van der Waals surface area contributed by atoms with Crippen molar-refractivity contribution in [3.05, 3.63) is 77.4 Å². The van der Waals surface area contributed by atoms with Gasteiger partial charge < -0.3 is 24.3 Å². The molecule has 3 rings (SSSR count). The Morgan fingerprint density at radius 1 is 0.871 bits per heavy atom. The van der Waals surface area contributed by atoms with E-state index < -0.39 is 0 Å². The molecule has 0 bridgehead atoms. The number of benzene rings is 3. The summed E-state index contributed by atoms with van der Waals surface area (Å²) in [7, 11) is 3.18. The quantitative estimate of drug-likeness (QED) is 0.512. The number of aryl methyl sites for hydroxylation is 1. The standard InChI is InChI=1S/C25H27NO5/c1-5-30-23-12-10-18(25(27)26-22-13-17(2)9-11-24(22)29-4)14-19(23)16-31-21-8-6-7-20(15-21)28-3/h6-15H,5,16H2,1-4H3,(H,26,27). The lowest BCUT2D eigenvalue weighted by Crippen LogP contribution is -2.14. The Bertz CT molecular complexity index is 1050. The fourth-order valence-corrected chi connectivity index (χ4v) is 3.10. The monoisotopic (exact) mass is 421 g/mol. The number of hydrogen-bond donors (Lipinski definition) is 1. The first-order chi connectivity index (χ1) is 15.0. The van der Waals surface area contributed by atoms with Crippen LogP contribution < -0.4 is 24.3 Å². The highest BCUT2D eigenvalue weighted by atomic mass is 16.5. The van der Waals surface area contributed by atoms with Gasteiger partial charge in [-0.15, -0.1) is 0 Å². The normalized spacial score (nSPS) is 10.3. The number of methoxy groups -OCH3 is 2. The Morgan fingerprint density at radius 3 is 2.39 bits per heavy atom. The zero-order chi connectivity index (χ0) is 22.2. The largest absolute Gasteiger partial charge is 0.497 e. The van der Waals surface area contributed by atoms with Gasteiger partial charge in [-0.05, 0) is 61.9 Å². The predicted molar refractivity (Wildman–Crippen MR) is 121 cm³/mol. The third-order valence-electron chi connectivity index (χ3n) is 4.66. The number of carbonyl (C=O) groups excluding carboxylic acids is 1. The lowest BCUT2D eigenvalue weighted by molar-refractivity contribution is 0.102. The fourth-order valence-electron chi connectivity index (χ4n) is 3.10. The number of nitrogens with one attached hydrogen (secondary N) is 1. The molecule has 6 nitrogen and oxygen atoms in total. The van der Waals surface area contributed by atoms with Crippen LogP contribution in [-0.2, 0) is 6.61 Å². The maximum absolute atomic E-state index is 12.9. The van der Waals surface area contributed by atoms with Crippen molar-refractivity contribution >= 4 is 11.6 Å². The van der Waals surface area contributed by atoms with E-state index in [1.54, 1.807) is 38.5 Å². The zero-order valence-corrected chi connectivity index (χ0v) is 18.2. The average molecular weight is 421 g/mol. The van der Waals surface area contributed by atoms with Crippen LogP contribution >= 0.6 is 0 Å². The summed E-state index contributed by atoms with van der Waals surface area (Å²) < 4.78 is 22.2. The molecule has 0 aromatic heterocycles. The summed E-state index contributed by atoms with van der Waals surface area (Å²) in [5.41, 5.74) is 2.91. The third kappa shape index (κ3) is 5.69. The van der Waals surface area contributed by atoms with E-state index in [9.17, 15) is 4.79 Å². The molecule has 0 heterocycles. The summed E-state index contributed by atoms with van der Waals surface area (Å²) >= 11 is 0. The van der Waals surface area contributed by atoms with Crippen molar-refractivity contribution in [3.8, 4) is 23.0 Å². The van der Waals surface area contributed by atoms with Crippen LogP contribution in [-0.4, -0.2) is 26.7 Å². The molecule has 3 aromatic rings. The van der Waals surface area contributed by atoms with E-state index in [1.165, 1.54) is 0 Å². The average Bonchev–Trinajstić information content (AvgIpc) is 2.79. The highest BCUT2D eigenvalue weighted by Gasteiger charge is 2.14. The Hall–Kier alpha value is -3.67. The minimum absolute atomic E-state index is 0.241. The van der Waals surface area contributed by atoms with Gasteiger partial charge in [0.2, 0.25) is 0 Å². The van der Waals surface area contributed by atoms with Gasteiger partial charge in [-0.1, -0.05) is 12.1 Å². The van der Waals surface area contributed by atoms with Gasteiger partial charge in [0.05, 0.1) is 26.5 Å². The molecule has 0 atom stereocenters. The van der Waals surface area contributed by atoms with E-state index in [2.05, 4.69) is 5.32 Å². The van der Waals surface area contributed by atoms with Crippen LogP contribution in [0.4, 0.5) is 5.69 Å². The Kier molecular flexibility index (Phi) is 7.38. The molecule has 0 spiro atoms. The van der Waals surface area contributed by atoms with Gasteiger partial charge in [0.1, 0.15) is 29.6 Å². The molecule has 3 aromatic carbocycles. The molecule has 6 heteroatoms. The second-order valence-corrected chi connectivity index (χ2v) is 6.88. The van der Waals surface area contributed by atoms with Crippen LogP contribution in [0.3, 0.4) is 0 Å². The Balaban J connectivity index is 1.81. The predicted octanol–water partition coefficient (Wildman–Crippen LogP) is 5.24. The molecule has 0 saturated carbocycles. The number of amides is 1. The van der Waals surface area contributed by atoms with Gasteiger partial charge in [-0.2, -0.15) is 0 Å². The summed E-state index contributed by atoms with van der Waals surface area (Å²) in [5.74, 6) is 2.42. The molecular weight excluding hydrogens is 394 g/mol. The second-order valence-electron chi connectivity index (χ2n) is 6.88. The summed E-state index contributed by atoms with van der Waals surface area (Å²) in [4.78, 5) is 12.9. The first-order valence-corrected chi connectivity index (χ1v) is 10.0. The molecule has 1 amide bonds. The van der Waals surface area contributed by atoms with Crippen LogP contribution in [0.1, 0.15) is 28.4 Å². The zero-order valence-electron chi connectivity index (χ0n) is 18.2. The summed E-state index contributed by atoms with van der Waals surface area (Å²) in [5, 5.41) is 2.92. The van der Waals surface area contributed by atoms with Crippen molar-refractivity contribution in [2.45, 2.75) is 20.5 Å². The maximum atomic E-state index is 12.9. The Labute approximate surface area is 182 Å². The lowest BCUT2D eigenvalue weighted by atomic mass is 10.1. The van der Waals surface area contributed by atoms with Crippen LogP contribution in [0.2, 0.25) is 0 Å². The molecule has 0 aliphatic carbocycles. The van der Waals surface area contributed by atoms with Gasteiger partial charge in [0.15, 0.2) is 0 Å². The summed E-state index contributed by atoms with van der Waals surface area (Å²) in [6.45, 7) is 4.63. The van der Waals surface area contributed by atoms with Crippen LogP contribution in [0, 0.1) is 6.92 Å². The molecule has 31 heavy (non-hydrogen) atoms. The first kappa shape index (κ1) is 22.0. The van der Waals surface area contributed by atoms with Gasteiger partial charge in [0, 0.05) is 17.2 Å². The van der Waals surface area contributed by atoms with Crippen molar-refractivity contribution in [1.29, 1.82) is 0 Å². The van der Waals surface area contributed by atoms with Crippen LogP contribution in [0.5, 0.6) is 23.0 Å². The van der Waals surface area contributed by atoms with E-state index >= 15 is 0 Å². The second kappa shape index (κ2) is 10.4. The van der Waals surface area contributed by atoms with Crippen molar-refractivity contribution in [2.24, 2.45) is 0 Å². The van der Waals surface area contributed by atoms with Crippen molar-refractivity contribution in [2.75, 3.05) is 26.1 Å². The fraction of sp³-hybridized carbons (Fsp3) is 0.240. The molecule has 0 radical (unpaired) electrons. The minimum Gasteiger partial charge on any atom is -0.497 e. The van der Waals surface area contributed by atoms with E-state index in [-0.39, 0.29) is 12.5 Å². The third-order valence-corrected chi connectivity index (χ3v) is 4.66. The van der Waals surface area contributed by atoms with Gasteiger partial charge in [-0.25, -0.2) is 0 Å². The first-order valence-electron chi connectivity index (χ1n) is 10.0. The molecule has 0 unspecified atom stereocenters. The van der Waals surface area contributed by atoms with Crippen LogP contribution in [0.25, 0.3) is 0 Å². The molecule has 162 valence electrons. The van der Waals surface area contributed by atoms with Gasteiger partial charge >= 0.3 is 0 Å².